The number of hydrogen-bond acceptors (Lipinski definition) is 3. The summed E-state index contributed by atoms with van der Waals surface area (Å²) in [5.74, 6) is 1.23. The van der Waals surface area contributed by atoms with Crippen LogP contribution in [0.1, 0.15) is 11.6 Å². The largest absolute Gasteiger partial charge is 0.496 e. The van der Waals surface area contributed by atoms with Gasteiger partial charge in [0.15, 0.2) is 0 Å². The summed E-state index contributed by atoms with van der Waals surface area (Å²) in [6.07, 6.45) is 0. The number of rotatable bonds is 6. The van der Waals surface area contributed by atoms with E-state index in [-0.39, 0.29) is 11.9 Å². The minimum atomic E-state index is -0.251. The zero-order chi connectivity index (χ0) is 15.2. The summed E-state index contributed by atoms with van der Waals surface area (Å²) in [4.78, 5) is 1.17. The van der Waals surface area contributed by atoms with Crippen LogP contribution in [0.5, 0.6) is 5.75 Å². The normalized spacial score (nSPS) is 12.2. The highest BCUT2D eigenvalue weighted by molar-refractivity contribution is 9.10. The van der Waals surface area contributed by atoms with Gasteiger partial charge in [0.1, 0.15) is 11.6 Å². The topological polar surface area (TPSA) is 21.3 Å². The number of hydrogen-bond donors (Lipinski definition) is 1. The fourth-order valence-corrected chi connectivity index (χ4v) is 3.68. The lowest BCUT2D eigenvalue weighted by molar-refractivity contribution is 0.402. The molecule has 0 radical (unpaired) electrons. The lowest BCUT2D eigenvalue weighted by Crippen LogP contribution is -2.19. The Bertz CT molecular complexity index is 609. The van der Waals surface area contributed by atoms with Gasteiger partial charge in [0.2, 0.25) is 0 Å². The zero-order valence-electron chi connectivity index (χ0n) is 11.9. The van der Waals surface area contributed by atoms with Crippen molar-refractivity contribution in [1.29, 1.82) is 0 Å². The molecule has 0 aliphatic heterocycles. The molecule has 0 aliphatic carbocycles. The van der Waals surface area contributed by atoms with Crippen LogP contribution in [0.15, 0.2) is 51.8 Å². The Morgan fingerprint density at radius 3 is 2.76 bits per heavy atom. The maximum atomic E-state index is 13.5. The van der Waals surface area contributed by atoms with E-state index in [0.29, 0.717) is 5.75 Å². The van der Waals surface area contributed by atoms with Crippen molar-refractivity contribution in [2.24, 2.45) is 0 Å². The fourth-order valence-electron chi connectivity index (χ4n) is 2.04. The average molecular weight is 370 g/mol. The minimum absolute atomic E-state index is 0.0135. The molecule has 2 nitrogen and oxygen atoms in total. The van der Waals surface area contributed by atoms with E-state index >= 15 is 0 Å². The lowest BCUT2D eigenvalue weighted by Gasteiger charge is -2.19. The van der Waals surface area contributed by atoms with Crippen molar-refractivity contribution >= 4 is 27.7 Å². The summed E-state index contributed by atoms with van der Waals surface area (Å²) in [5, 5.41) is 3.23. The molecule has 0 bridgehead atoms. The third kappa shape index (κ3) is 4.46. The number of ether oxygens (including phenoxy) is 1. The first kappa shape index (κ1) is 16.3. The van der Waals surface area contributed by atoms with E-state index in [9.17, 15) is 4.39 Å². The number of halogens is 2. The third-order valence-corrected chi connectivity index (χ3v) is 4.71. The molecule has 1 atom stereocenters. The SMILES string of the molecule is CNC(CSc1cccc(Br)c1)c1cc(F)ccc1OC. The zero-order valence-corrected chi connectivity index (χ0v) is 14.3. The monoisotopic (exact) mass is 369 g/mol. The van der Waals surface area contributed by atoms with Crippen LogP contribution in [0.2, 0.25) is 0 Å². The predicted molar refractivity (Wildman–Crippen MR) is 89.6 cm³/mol. The van der Waals surface area contributed by atoms with E-state index in [4.69, 9.17) is 4.74 Å². The smallest absolute Gasteiger partial charge is 0.123 e. The molecule has 0 amide bonds. The first-order chi connectivity index (χ1) is 10.1. The Hall–Kier alpha value is -1.04. The van der Waals surface area contributed by atoms with Crippen molar-refractivity contribution in [3.63, 3.8) is 0 Å². The van der Waals surface area contributed by atoms with Crippen LogP contribution in [-0.2, 0) is 0 Å². The highest BCUT2D eigenvalue weighted by Crippen LogP contribution is 2.31. The van der Waals surface area contributed by atoms with Gasteiger partial charge in [-0.15, -0.1) is 11.8 Å². The summed E-state index contributed by atoms with van der Waals surface area (Å²) in [6.45, 7) is 0. The molecule has 0 aromatic heterocycles. The summed E-state index contributed by atoms with van der Waals surface area (Å²) in [5.41, 5.74) is 0.836. The van der Waals surface area contributed by atoms with Gasteiger partial charge in [-0.25, -0.2) is 4.39 Å². The van der Waals surface area contributed by atoms with Crippen LogP contribution in [0.25, 0.3) is 0 Å². The molecule has 0 saturated heterocycles. The number of thioether (sulfide) groups is 1. The molecule has 21 heavy (non-hydrogen) atoms. The molecule has 112 valence electrons. The van der Waals surface area contributed by atoms with Gasteiger partial charge in [-0.2, -0.15) is 0 Å². The van der Waals surface area contributed by atoms with Crippen molar-refractivity contribution in [3.05, 3.63) is 58.3 Å². The van der Waals surface area contributed by atoms with E-state index in [1.54, 1.807) is 24.9 Å². The van der Waals surface area contributed by atoms with Crippen LogP contribution in [-0.4, -0.2) is 19.9 Å². The van der Waals surface area contributed by atoms with E-state index in [1.165, 1.54) is 17.0 Å². The third-order valence-electron chi connectivity index (χ3n) is 3.13. The highest BCUT2D eigenvalue weighted by Gasteiger charge is 2.16. The van der Waals surface area contributed by atoms with Crippen LogP contribution in [0, 0.1) is 5.82 Å². The van der Waals surface area contributed by atoms with Gasteiger partial charge in [-0.1, -0.05) is 22.0 Å². The van der Waals surface area contributed by atoms with Gasteiger partial charge in [0.25, 0.3) is 0 Å². The Morgan fingerprint density at radius 2 is 2.10 bits per heavy atom. The highest BCUT2D eigenvalue weighted by atomic mass is 79.9. The van der Waals surface area contributed by atoms with Gasteiger partial charge in [-0.05, 0) is 43.4 Å². The van der Waals surface area contributed by atoms with Gasteiger partial charge >= 0.3 is 0 Å². The Labute approximate surface area is 137 Å². The fraction of sp³-hybridized carbons (Fsp3) is 0.250. The molecule has 0 fully saturated rings. The van der Waals surface area contributed by atoms with E-state index < -0.39 is 0 Å². The second-order valence-electron chi connectivity index (χ2n) is 4.50. The van der Waals surface area contributed by atoms with Gasteiger partial charge < -0.3 is 10.1 Å². The number of methoxy groups -OCH3 is 1. The standard InChI is InChI=1S/C16H17BrFNOS/c1-19-15(10-21-13-5-3-4-11(17)8-13)14-9-12(18)6-7-16(14)20-2/h3-9,15,19H,10H2,1-2H3. The van der Waals surface area contributed by atoms with Gasteiger partial charge in [0.05, 0.1) is 7.11 Å². The van der Waals surface area contributed by atoms with Gasteiger partial charge in [-0.3, -0.25) is 0 Å². The number of nitrogens with one attached hydrogen (secondary N) is 1. The molecular formula is C16H17BrFNOS. The number of benzene rings is 2. The quantitative estimate of drug-likeness (QED) is 0.748. The molecule has 2 aromatic carbocycles. The molecule has 0 saturated carbocycles. The first-order valence-corrected chi connectivity index (χ1v) is 8.31. The summed E-state index contributed by atoms with van der Waals surface area (Å²) >= 11 is 5.18. The molecular weight excluding hydrogens is 353 g/mol. The van der Waals surface area contributed by atoms with Crippen molar-refractivity contribution in [3.8, 4) is 5.75 Å². The summed E-state index contributed by atoms with van der Waals surface area (Å²) < 4.78 is 19.9. The Balaban J connectivity index is 2.15. The Kier molecular flexibility index (Phi) is 6.08. The molecule has 1 N–H and O–H groups in total. The van der Waals surface area contributed by atoms with Crippen LogP contribution < -0.4 is 10.1 Å². The lowest BCUT2D eigenvalue weighted by atomic mass is 10.1. The molecule has 2 aromatic rings. The van der Waals surface area contributed by atoms with Crippen molar-refractivity contribution in [1.82, 2.24) is 5.32 Å². The van der Waals surface area contributed by atoms with Crippen molar-refractivity contribution in [2.75, 3.05) is 19.9 Å². The van der Waals surface area contributed by atoms with Gasteiger partial charge in [0, 0.05) is 26.7 Å². The van der Waals surface area contributed by atoms with E-state index in [0.717, 1.165) is 15.8 Å². The predicted octanol–water partition coefficient (Wildman–Crippen LogP) is 4.65. The van der Waals surface area contributed by atoms with Crippen molar-refractivity contribution in [2.45, 2.75) is 10.9 Å². The first-order valence-electron chi connectivity index (χ1n) is 6.53. The minimum Gasteiger partial charge on any atom is -0.496 e. The summed E-state index contributed by atoms with van der Waals surface area (Å²) in [7, 11) is 3.47. The molecule has 5 heteroatoms. The van der Waals surface area contributed by atoms with E-state index in [2.05, 4.69) is 33.4 Å². The van der Waals surface area contributed by atoms with Crippen LogP contribution >= 0.6 is 27.7 Å². The molecule has 0 heterocycles. The average Bonchev–Trinajstić information content (AvgIpc) is 2.48. The Morgan fingerprint density at radius 1 is 1.29 bits per heavy atom. The van der Waals surface area contributed by atoms with Crippen LogP contribution in [0.4, 0.5) is 4.39 Å². The molecule has 0 spiro atoms. The summed E-state index contributed by atoms with van der Waals surface area (Å²) in [6, 6.07) is 12.8. The van der Waals surface area contributed by atoms with Crippen molar-refractivity contribution < 1.29 is 9.13 Å². The van der Waals surface area contributed by atoms with Crippen LogP contribution in [0.3, 0.4) is 0 Å². The van der Waals surface area contributed by atoms with E-state index in [1.807, 2.05) is 19.2 Å². The maximum absolute atomic E-state index is 13.5. The molecule has 0 aliphatic rings. The second-order valence-corrected chi connectivity index (χ2v) is 6.51. The second kappa shape index (κ2) is 7.82. The molecule has 1 unspecified atom stereocenters. The maximum Gasteiger partial charge on any atom is 0.123 e. The molecule has 2 rings (SSSR count).